The van der Waals surface area contributed by atoms with E-state index in [1.165, 1.54) is 36.3 Å². The Morgan fingerprint density at radius 3 is 2.30 bits per heavy atom. The van der Waals surface area contributed by atoms with Crippen LogP contribution in [0.25, 0.3) is 44.5 Å². The van der Waals surface area contributed by atoms with Crippen LogP contribution in [0.4, 0.5) is 4.39 Å². The van der Waals surface area contributed by atoms with Crippen molar-refractivity contribution in [1.29, 1.82) is 0 Å². The summed E-state index contributed by atoms with van der Waals surface area (Å²) in [6.45, 7) is 0. The largest absolute Gasteiger partial charge is 0 e. The molecular formula is C37H35FGeIrN2O-2. The second kappa shape index (κ2) is 13.7. The number of rotatable bonds is 5. The van der Waals surface area contributed by atoms with E-state index in [1.807, 2.05) is 66.9 Å². The summed E-state index contributed by atoms with van der Waals surface area (Å²) in [5, 5.41) is 2.11. The van der Waals surface area contributed by atoms with Crippen molar-refractivity contribution in [2.45, 2.75) is 49.4 Å². The smallest absolute Gasteiger partial charge is 0 e. The van der Waals surface area contributed by atoms with Crippen molar-refractivity contribution in [3.05, 3.63) is 115 Å². The third-order valence-electron chi connectivity index (χ3n) is 8.12. The van der Waals surface area contributed by atoms with Gasteiger partial charge in [-0.2, -0.15) is 0 Å². The summed E-state index contributed by atoms with van der Waals surface area (Å²) < 4.78 is 21.6. The molecule has 3 nitrogen and oxygen atoms in total. The number of benzene rings is 3. The number of pyridine rings is 2. The maximum absolute atomic E-state index is 14.3. The van der Waals surface area contributed by atoms with Crippen LogP contribution in [0.1, 0.15) is 31.2 Å². The van der Waals surface area contributed by atoms with E-state index >= 15 is 0 Å². The normalized spacial score (nSPS) is 13.5. The molecule has 7 rings (SSSR count). The molecule has 221 valence electrons. The van der Waals surface area contributed by atoms with Crippen LogP contribution in [0.3, 0.4) is 0 Å². The molecule has 0 atom stereocenters. The van der Waals surface area contributed by atoms with Gasteiger partial charge in [-0.15, -0.1) is 23.8 Å². The first-order chi connectivity index (χ1) is 20.3. The van der Waals surface area contributed by atoms with Crippen molar-refractivity contribution in [2.75, 3.05) is 0 Å². The Hall–Kier alpha value is -3.12. The minimum atomic E-state index is -1.72. The predicted molar refractivity (Wildman–Crippen MR) is 173 cm³/mol. The molecule has 3 heterocycles. The third-order valence-corrected chi connectivity index (χ3v) is 12.4. The fraction of sp³-hybridized carbons (Fsp3) is 0.243. The van der Waals surface area contributed by atoms with Gasteiger partial charge in [-0.3, -0.25) is 0 Å². The molecule has 0 aliphatic heterocycles. The summed E-state index contributed by atoms with van der Waals surface area (Å²) in [4.78, 5) is 8.85. The summed E-state index contributed by atoms with van der Waals surface area (Å²) in [6, 6.07) is 32.5. The topological polar surface area (TPSA) is 38.9 Å². The van der Waals surface area contributed by atoms with Crippen molar-refractivity contribution < 1.29 is 28.9 Å². The van der Waals surface area contributed by atoms with E-state index in [9.17, 15) is 4.39 Å². The zero-order valence-corrected chi connectivity index (χ0v) is 29.3. The number of aromatic nitrogens is 2. The van der Waals surface area contributed by atoms with Crippen LogP contribution in [-0.4, -0.2) is 23.2 Å². The fourth-order valence-electron chi connectivity index (χ4n) is 5.68. The van der Waals surface area contributed by atoms with E-state index in [2.05, 4.69) is 57.6 Å². The molecule has 6 heteroatoms. The Kier molecular flexibility index (Phi) is 9.96. The first kappa shape index (κ1) is 31.3. The van der Waals surface area contributed by atoms with Gasteiger partial charge in [0.15, 0.2) is 0 Å². The fourth-order valence-corrected chi connectivity index (χ4v) is 7.85. The summed E-state index contributed by atoms with van der Waals surface area (Å²) in [7, 11) is 0. The van der Waals surface area contributed by atoms with Gasteiger partial charge in [-0.25, -0.2) is 4.39 Å². The van der Waals surface area contributed by atoms with E-state index in [1.54, 1.807) is 0 Å². The molecule has 0 amide bonds. The molecule has 1 radical (unpaired) electrons. The van der Waals surface area contributed by atoms with Crippen molar-refractivity contribution in [3.8, 4) is 22.5 Å². The SMILES string of the molecule is Fc1cnc(-c2[c-]cc3oc4ccccc4c3c2)cc1CC1CCCC1.[CH3][Ge]([CH3])([CH3])[c]1ccc(-c2[c-]cccc2)nc1.[Ir]. The Balaban J connectivity index is 0.000000188. The van der Waals surface area contributed by atoms with Gasteiger partial charge in [-0.1, -0.05) is 55.3 Å². The van der Waals surface area contributed by atoms with Gasteiger partial charge in [0.05, 0.1) is 11.8 Å². The van der Waals surface area contributed by atoms with Crippen LogP contribution in [0.5, 0.6) is 0 Å². The van der Waals surface area contributed by atoms with Crippen LogP contribution in [0, 0.1) is 23.9 Å². The van der Waals surface area contributed by atoms with Crippen LogP contribution in [0.15, 0.2) is 95.7 Å². The number of nitrogens with zero attached hydrogens (tertiary/aromatic N) is 2. The Morgan fingerprint density at radius 1 is 0.814 bits per heavy atom. The number of fused-ring (bicyclic) bond motifs is 3. The van der Waals surface area contributed by atoms with Crippen LogP contribution in [-0.2, 0) is 26.5 Å². The molecule has 0 unspecified atom stereocenters. The average molecular weight is 808 g/mol. The molecule has 1 saturated carbocycles. The molecule has 6 aromatic rings. The number of furan rings is 1. The standard InChI is InChI=1S/C23H19FNO.C14H16GeN.Ir/c24-20-14-25-21(13-17(20)11-15-5-1-2-6-15)16-9-10-23-19(12-16)18-7-3-4-8-22(18)26-23;1-15(2,3)13-9-10-14(16-11-13)12-7-5-4-6-8-12;/h3-4,7-8,10,12-15H,1-2,5-6,11H2;4-7,9-11H,1-3H3;/q2*-1;. The summed E-state index contributed by atoms with van der Waals surface area (Å²) >= 11 is -1.72. The van der Waals surface area contributed by atoms with Gasteiger partial charge in [0.2, 0.25) is 0 Å². The summed E-state index contributed by atoms with van der Waals surface area (Å²) in [5.41, 5.74) is 6.16. The van der Waals surface area contributed by atoms with Crippen LogP contribution >= 0.6 is 0 Å². The molecule has 0 spiro atoms. The van der Waals surface area contributed by atoms with E-state index in [0.717, 1.165) is 56.4 Å². The number of hydrogen-bond donors (Lipinski definition) is 0. The second-order valence-corrected chi connectivity index (χ2v) is 22.8. The number of halogens is 1. The van der Waals surface area contributed by atoms with Crippen LogP contribution in [0.2, 0.25) is 17.3 Å². The monoisotopic (exact) mass is 809 g/mol. The van der Waals surface area contributed by atoms with Crippen molar-refractivity contribution >= 4 is 39.6 Å². The molecule has 3 aromatic heterocycles. The molecule has 0 bridgehead atoms. The first-order valence-electron chi connectivity index (χ1n) is 14.8. The Labute approximate surface area is 269 Å². The van der Waals surface area contributed by atoms with Gasteiger partial charge >= 0.3 is 99.8 Å². The molecule has 0 saturated heterocycles. The number of para-hydroxylation sites is 1. The molecule has 3 aromatic carbocycles. The zero-order valence-electron chi connectivity index (χ0n) is 24.8. The van der Waals surface area contributed by atoms with Crippen molar-refractivity contribution in [1.82, 2.24) is 9.97 Å². The Bertz CT molecular complexity index is 1810. The average Bonchev–Trinajstić information content (AvgIpc) is 3.66. The third kappa shape index (κ3) is 7.34. The van der Waals surface area contributed by atoms with E-state index in [4.69, 9.17) is 4.42 Å². The van der Waals surface area contributed by atoms with Gasteiger partial charge in [0.25, 0.3) is 0 Å². The van der Waals surface area contributed by atoms with Crippen molar-refractivity contribution in [2.24, 2.45) is 5.92 Å². The maximum Gasteiger partial charge on any atom is 0 e. The van der Waals surface area contributed by atoms with E-state index in [0.29, 0.717) is 5.92 Å². The summed E-state index contributed by atoms with van der Waals surface area (Å²) in [5.74, 6) is 7.54. The van der Waals surface area contributed by atoms with Gasteiger partial charge in [0.1, 0.15) is 11.4 Å². The molecule has 1 fully saturated rings. The minimum Gasteiger partial charge on any atom is 0 e. The second-order valence-electron chi connectivity index (χ2n) is 12.2. The first-order valence-corrected chi connectivity index (χ1v) is 22.1. The number of hydrogen-bond acceptors (Lipinski definition) is 3. The molecule has 43 heavy (non-hydrogen) atoms. The van der Waals surface area contributed by atoms with E-state index < -0.39 is 13.3 Å². The molecule has 1 aliphatic rings. The maximum atomic E-state index is 14.3. The van der Waals surface area contributed by atoms with Crippen LogP contribution < -0.4 is 4.40 Å². The van der Waals surface area contributed by atoms with Gasteiger partial charge < -0.3 is 9.40 Å². The molecule has 0 N–H and O–H groups in total. The molecular weight excluding hydrogens is 772 g/mol. The Morgan fingerprint density at radius 2 is 1.58 bits per heavy atom. The van der Waals surface area contributed by atoms with Crippen molar-refractivity contribution in [3.63, 3.8) is 0 Å². The minimum absolute atomic E-state index is 0. The van der Waals surface area contributed by atoms with Gasteiger partial charge in [0, 0.05) is 25.5 Å². The quantitative estimate of drug-likeness (QED) is 0.129. The van der Waals surface area contributed by atoms with Gasteiger partial charge in [-0.05, 0) is 29.7 Å². The zero-order chi connectivity index (χ0) is 29.1. The molecule has 1 aliphatic carbocycles. The van der Waals surface area contributed by atoms with E-state index in [-0.39, 0.29) is 25.9 Å². The predicted octanol–water partition coefficient (Wildman–Crippen LogP) is 9.41. The summed E-state index contributed by atoms with van der Waals surface area (Å²) in [6.07, 6.45) is 9.14.